The van der Waals surface area contributed by atoms with Gasteiger partial charge in [-0.3, -0.25) is 0 Å². The predicted molar refractivity (Wildman–Crippen MR) is 67.6 cm³/mol. The van der Waals surface area contributed by atoms with Crippen LogP contribution in [0.2, 0.25) is 0 Å². The maximum Gasteiger partial charge on any atom is 0.146 e. The number of aliphatic hydroxyl groups is 1. The molecule has 94 valence electrons. The van der Waals surface area contributed by atoms with Crippen molar-refractivity contribution in [3.05, 3.63) is 29.6 Å². The highest BCUT2D eigenvalue weighted by Crippen LogP contribution is 2.35. The second-order valence-corrected chi connectivity index (χ2v) is 5.20. The number of anilines is 1. The fourth-order valence-corrected chi connectivity index (χ4v) is 2.78. The fourth-order valence-electron chi connectivity index (χ4n) is 2.78. The van der Waals surface area contributed by atoms with Crippen LogP contribution in [0.25, 0.3) is 0 Å². The number of benzene rings is 1. The van der Waals surface area contributed by atoms with E-state index in [1.165, 1.54) is 6.07 Å². The van der Waals surface area contributed by atoms with Gasteiger partial charge in [-0.2, -0.15) is 0 Å². The molecule has 0 aromatic heterocycles. The van der Waals surface area contributed by atoms with Crippen molar-refractivity contribution in [2.24, 2.45) is 5.92 Å². The van der Waals surface area contributed by atoms with Crippen molar-refractivity contribution in [2.45, 2.75) is 39.3 Å². The Balaban J connectivity index is 2.43. The number of aliphatic hydroxyl groups excluding tert-OH is 1. The van der Waals surface area contributed by atoms with Crippen LogP contribution in [0.5, 0.6) is 0 Å². The molecule has 0 radical (unpaired) electrons. The largest absolute Gasteiger partial charge is 0.389 e. The molecule has 2 unspecified atom stereocenters. The highest BCUT2D eigenvalue weighted by Gasteiger charge is 2.30. The van der Waals surface area contributed by atoms with Gasteiger partial charge in [-0.05, 0) is 32.3 Å². The normalized spacial score (nSPS) is 26.3. The average molecular weight is 237 g/mol. The highest BCUT2D eigenvalue weighted by molar-refractivity contribution is 5.57. The Kier molecular flexibility index (Phi) is 3.38. The molecule has 0 spiro atoms. The average Bonchev–Trinajstić information content (AvgIpc) is 2.57. The number of rotatable bonds is 2. The van der Waals surface area contributed by atoms with Crippen LogP contribution in [-0.4, -0.2) is 17.7 Å². The molecular weight excluding hydrogens is 217 g/mol. The molecular formula is C14H20FNO. The van der Waals surface area contributed by atoms with E-state index >= 15 is 0 Å². The summed E-state index contributed by atoms with van der Waals surface area (Å²) in [6.45, 7) is 6.84. The van der Waals surface area contributed by atoms with Crippen LogP contribution < -0.4 is 4.90 Å². The minimum atomic E-state index is -0.635. The Labute approximate surface area is 102 Å². The summed E-state index contributed by atoms with van der Waals surface area (Å²) >= 11 is 0. The molecule has 0 amide bonds. The van der Waals surface area contributed by atoms with Gasteiger partial charge in [0.15, 0.2) is 0 Å². The molecule has 3 atom stereocenters. The Morgan fingerprint density at radius 2 is 2.12 bits per heavy atom. The summed E-state index contributed by atoms with van der Waals surface area (Å²) in [6.07, 6.45) is 0.442. The van der Waals surface area contributed by atoms with Crippen molar-refractivity contribution in [2.75, 3.05) is 11.4 Å². The van der Waals surface area contributed by atoms with E-state index in [9.17, 15) is 9.50 Å². The van der Waals surface area contributed by atoms with E-state index < -0.39 is 6.10 Å². The van der Waals surface area contributed by atoms with Crippen LogP contribution in [-0.2, 0) is 0 Å². The second kappa shape index (κ2) is 4.65. The molecule has 1 aromatic carbocycles. The van der Waals surface area contributed by atoms with Gasteiger partial charge in [-0.25, -0.2) is 4.39 Å². The molecule has 1 aliphatic rings. The lowest BCUT2D eigenvalue weighted by molar-refractivity contribution is 0.199. The van der Waals surface area contributed by atoms with E-state index in [2.05, 4.69) is 18.7 Å². The third-order valence-corrected chi connectivity index (χ3v) is 3.54. The van der Waals surface area contributed by atoms with E-state index in [0.717, 1.165) is 13.0 Å². The van der Waals surface area contributed by atoms with E-state index in [1.54, 1.807) is 19.1 Å². The van der Waals surface area contributed by atoms with Gasteiger partial charge in [0.25, 0.3) is 0 Å². The summed E-state index contributed by atoms with van der Waals surface area (Å²) in [5.74, 6) is 0.343. The molecule has 2 nitrogen and oxygen atoms in total. The number of para-hydroxylation sites is 1. The third kappa shape index (κ3) is 2.29. The molecule has 1 heterocycles. The van der Waals surface area contributed by atoms with Crippen molar-refractivity contribution in [1.82, 2.24) is 0 Å². The molecule has 1 fully saturated rings. The molecule has 0 saturated carbocycles. The van der Waals surface area contributed by atoms with Crippen molar-refractivity contribution in [3.63, 3.8) is 0 Å². The number of hydrogen-bond donors (Lipinski definition) is 1. The Morgan fingerprint density at radius 3 is 2.65 bits per heavy atom. The zero-order valence-electron chi connectivity index (χ0n) is 10.7. The maximum atomic E-state index is 14.0. The minimum Gasteiger partial charge on any atom is -0.389 e. The predicted octanol–water partition coefficient (Wildman–Crippen LogP) is 3.11. The molecule has 1 aliphatic heterocycles. The molecule has 2 rings (SSSR count). The van der Waals surface area contributed by atoms with Gasteiger partial charge in [0.2, 0.25) is 0 Å². The fraction of sp³-hybridized carbons (Fsp3) is 0.571. The van der Waals surface area contributed by atoms with Gasteiger partial charge < -0.3 is 10.0 Å². The second-order valence-electron chi connectivity index (χ2n) is 5.20. The van der Waals surface area contributed by atoms with Gasteiger partial charge in [0, 0.05) is 18.2 Å². The van der Waals surface area contributed by atoms with Crippen LogP contribution in [0.3, 0.4) is 0 Å². The zero-order valence-corrected chi connectivity index (χ0v) is 10.7. The lowest BCUT2D eigenvalue weighted by atomic mass is 10.1. The van der Waals surface area contributed by atoms with Crippen LogP contribution in [0.1, 0.15) is 38.9 Å². The lowest BCUT2D eigenvalue weighted by Gasteiger charge is -2.27. The highest BCUT2D eigenvalue weighted by atomic mass is 19.1. The Morgan fingerprint density at radius 1 is 1.41 bits per heavy atom. The monoisotopic (exact) mass is 237 g/mol. The van der Waals surface area contributed by atoms with Gasteiger partial charge in [0.1, 0.15) is 5.82 Å². The smallest absolute Gasteiger partial charge is 0.146 e. The van der Waals surface area contributed by atoms with E-state index in [0.29, 0.717) is 23.2 Å². The topological polar surface area (TPSA) is 23.5 Å². The van der Waals surface area contributed by atoms with Gasteiger partial charge in [0.05, 0.1) is 11.8 Å². The number of nitrogens with zero attached hydrogens (tertiary/aromatic N) is 1. The third-order valence-electron chi connectivity index (χ3n) is 3.54. The molecule has 1 aromatic rings. The number of halogens is 1. The van der Waals surface area contributed by atoms with E-state index in [1.807, 2.05) is 0 Å². The summed E-state index contributed by atoms with van der Waals surface area (Å²) in [4.78, 5) is 2.09. The maximum absolute atomic E-state index is 14.0. The Bertz CT molecular complexity index is 405. The SMILES string of the molecule is CC1CC(C)N(c2c(F)cccc2[C@H](C)O)C1. The van der Waals surface area contributed by atoms with Crippen molar-refractivity contribution in [3.8, 4) is 0 Å². The van der Waals surface area contributed by atoms with Crippen LogP contribution in [0.15, 0.2) is 18.2 Å². The molecule has 0 bridgehead atoms. The minimum absolute atomic E-state index is 0.232. The van der Waals surface area contributed by atoms with Crippen LogP contribution >= 0.6 is 0 Å². The van der Waals surface area contributed by atoms with Gasteiger partial charge in [-0.15, -0.1) is 0 Å². The standard InChI is InChI=1S/C14H20FNO/c1-9-7-10(2)16(8-9)14-12(11(3)17)5-4-6-13(14)15/h4-6,9-11,17H,7-8H2,1-3H3/t9?,10?,11-/m0/s1. The quantitative estimate of drug-likeness (QED) is 0.854. The summed E-state index contributed by atoms with van der Waals surface area (Å²) in [5.41, 5.74) is 1.27. The molecule has 3 heteroatoms. The first-order valence-corrected chi connectivity index (χ1v) is 6.23. The molecule has 1 N–H and O–H groups in total. The van der Waals surface area contributed by atoms with Crippen LogP contribution in [0, 0.1) is 11.7 Å². The Hall–Kier alpha value is -1.09. The van der Waals surface area contributed by atoms with Crippen LogP contribution in [0.4, 0.5) is 10.1 Å². The zero-order chi connectivity index (χ0) is 12.6. The van der Waals surface area contributed by atoms with Gasteiger partial charge in [-0.1, -0.05) is 19.1 Å². The lowest BCUT2D eigenvalue weighted by Crippen LogP contribution is -2.29. The first kappa shape index (κ1) is 12.4. The molecule has 0 aliphatic carbocycles. The summed E-state index contributed by atoms with van der Waals surface area (Å²) < 4.78 is 14.0. The molecule has 17 heavy (non-hydrogen) atoms. The summed E-state index contributed by atoms with van der Waals surface area (Å²) in [5, 5.41) is 9.75. The first-order valence-electron chi connectivity index (χ1n) is 6.23. The first-order chi connectivity index (χ1) is 8.00. The summed E-state index contributed by atoms with van der Waals surface area (Å²) in [7, 11) is 0. The van der Waals surface area contributed by atoms with Crippen molar-refractivity contribution < 1.29 is 9.50 Å². The van der Waals surface area contributed by atoms with Crippen molar-refractivity contribution >= 4 is 5.69 Å². The van der Waals surface area contributed by atoms with Gasteiger partial charge >= 0.3 is 0 Å². The van der Waals surface area contributed by atoms with E-state index in [4.69, 9.17) is 0 Å². The molecule has 1 saturated heterocycles. The number of hydrogen-bond acceptors (Lipinski definition) is 2. The summed E-state index contributed by atoms with van der Waals surface area (Å²) in [6, 6.07) is 5.26. The van der Waals surface area contributed by atoms with E-state index in [-0.39, 0.29) is 5.82 Å². The van der Waals surface area contributed by atoms with Crippen molar-refractivity contribution in [1.29, 1.82) is 0 Å².